The van der Waals surface area contributed by atoms with Gasteiger partial charge < -0.3 is 24.2 Å². The number of hydrogen-bond donors (Lipinski definition) is 2. The first-order valence-electron chi connectivity index (χ1n) is 16.9. The first kappa shape index (κ1) is 44.3. The number of para-hydroxylation sites is 2. The number of unbranched alkanes of at least 4 members (excludes halogenated alkanes) is 8. The molecule has 0 heterocycles. The van der Waals surface area contributed by atoms with Crippen LogP contribution >= 0.6 is 0 Å². The fourth-order valence-electron chi connectivity index (χ4n) is 5.23. The van der Waals surface area contributed by atoms with Gasteiger partial charge in [0.1, 0.15) is 43.8 Å². The zero-order valence-electron chi connectivity index (χ0n) is 29.3. The van der Waals surface area contributed by atoms with Crippen molar-refractivity contribution in [1.29, 1.82) is 0 Å². The van der Waals surface area contributed by atoms with E-state index in [1.54, 1.807) is 36.4 Å². The third kappa shape index (κ3) is 15.3. The first-order valence-corrected chi connectivity index (χ1v) is 19.8. The van der Waals surface area contributed by atoms with Gasteiger partial charge in [0, 0.05) is 11.0 Å². The molecular formula is C38H46CaO10S2. The van der Waals surface area contributed by atoms with E-state index in [4.69, 9.17) is 9.47 Å². The van der Waals surface area contributed by atoms with E-state index in [2.05, 4.69) is 13.8 Å². The standard InChI is InChI=1S/2C19H24O5S.Ca/c2*1-2-3-4-5-7-10-15-13-19(25(21,22)23)17(20)14-18(15)24-16-11-8-6-9-12-16;/h2*6,8-9,11-14,20H,2-5,7,10H2,1H3,(H,21,22,23);/q;;+2/p-2. The maximum Gasteiger partial charge on any atom is 2.00 e. The molecule has 0 atom stereocenters. The van der Waals surface area contributed by atoms with E-state index < -0.39 is 41.5 Å². The molecule has 0 saturated heterocycles. The minimum atomic E-state index is -4.80. The first-order chi connectivity index (χ1) is 23.8. The van der Waals surface area contributed by atoms with Gasteiger partial charge in [-0.15, -0.1) is 0 Å². The molecule has 0 aromatic heterocycles. The van der Waals surface area contributed by atoms with Gasteiger partial charge >= 0.3 is 37.7 Å². The summed E-state index contributed by atoms with van der Waals surface area (Å²) in [6.07, 6.45) is 11.7. The maximum atomic E-state index is 12.0. The summed E-state index contributed by atoms with van der Waals surface area (Å²) in [7, 11) is -9.29. The number of aryl methyl sites for hydroxylation is 2. The van der Waals surface area contributed by atoms with Crippen molar-refractivity contribution in [2.24, 2.45) is 0 Å². The molecule has 10 nitrogen and oxygen atoms in total. The number of hydrogen-bond acceptors (Lipinski definition) is 9. The Kier molecular flexibility index (Phi) is 19.4. The van der Waals surface area contributed by atoms with Crippen molar-refractivity contribution in [3.8, 4) is 34.5 Å². The summed E-state index contributed by atoms with van der Waals surface area (Å²) in [4.78, 5) is -1.20. The molecule has 4 rings (SSSR count). The van der Waals surface area contributed by atoms with Gasteiger partial charge in [-0.05, 0) is 79.3 Å². The maximum absolute atomic E-state index is 12.0. The van der Waals surface area contributed by atoms with Crippen molar-refractivity contribution >= 4 is 58.0 Å². The second-order valence-electron chi connectivity index (χ2n) is 11.9. The van der Waals surface area contributed by atoms with Crippen LogP contribution in [-0.2, 0) is 33.1 Å². The average Bonchev–Trinajstić information content (AvgIpc) is 3.06. The number of aromatic hydroxyl groups is 1. The molecule has 0 fully saturated rings. The van der Waals surface area contributed by atoms with Crippen LogP contribution in [0.15, 0.2) is 94.7 Å². The molecule has 272 valence electrons. The van der Waals surface area contributed by atoms with Gasteiger partial charge in [-0.3, -0.25) is 4.55 Å². The Balaban J connectivity index is 0.000000347. The zero-order valence-corrected chi connectivity index (χ0v) is 33.1. The van der Waals surface area contributed by atoms with Crippen molar-refractivity contribution in [3.63, 3.8) is 0 Å². The molecule has 0 amide bonds. The fourth-order valence-corrected chi connectivity index (χ4v) is 6.43. The Labute approximate surface area is 332 Å². The SMILES string of the molecule is CCCCCCCc1cc(S(=O)(=O)O)c(O)cc1Oc1ccccc1.CCCCCCCc1cc(S(=O)(=O)[O-])c([O-])cc1Oc1ccccc1.[Ca+2]. The average molecular weight is 767 g/mol. The molecule has 0 unspecified atom stereocenters. The van der Waals surface area contributed by atoms with E-state index in [1.165, 1.54) is 24.6 Å². The minimum Gasteiger partial charge on any atom is -0.872 e. The third-order valence-electron chi connectivity index (χ3n) is 7.86. The predicted octanol–water partition coefficient (Wildman–Crippen LogP) is 8.53. The molecular weight excluding hydrogens is 721 g/mol. The monoisotopic (exact) mass is 766 g/mol. The van der Waals surface area contributed by atoms with Gasteiger partial charge in [-0.2, -0.15) is 8.42 Å². The number of rotatable bonds is 18. The molecule has 0 bridgehead atoms. The van der Waals surface area contributed by atoms with Crippen LogP contribution in [0.2, 0.25) is 0 Å². The number of benzene rings is 4. The molecule has 0 saturated carbocycles. The molecule has 0 aliphatic heterocycles. The summed E-state index contributed by atoms with van der Waals surface area (Å²) in [6.45, 7) is 4.27. The van der Waals surface area contributed by atoms with Crippen LogP contribution in [0.25, 0.3) is 0 Å². The van der Waals surface area contributed by atoms with Gasteiger partial charge in [-0.25, -0.2) is 8.42 Å². The van der Waals surface area contributed by atoms with E-state index in [9.17, 15) is 36.2 Å². The molecule has 4 aromatic rings. The van der Waals surface area contributed by atoms with Crippen LogP contribution in [0.4, 0.5) is 0 Å². The van der Waals surface area contributed by atoms with Crippen molar-refractivity contribution in [2.45, 2.75) is 101 Å². The number of phenols is 1. The van der Waals surface area contributed by atoms with Crippen molar-refractivity contribution in [3.05, 3.63) is 96.1 Å². The molecule has 13 heteroatoms. The smallest absolute Gasteiger partial charge is 0.872 e. The van der Waals surface area contributed by atoms with E-state index in [-0.39, 0.29) is 37.7 Å². The van der Waals surface area contributed by atoms with Crippen molar-refractivity contribution in [1.82, 2.24) is 0 Å². The van der Waals surface area contributed by atoms with Crippen LogP contribution in [0.5, 0.6) is 34.5 Å². The van der Waals surface area contributed by atoms with Crippen molar-refractivity contribution in [2.75, 3.05) is 0 Å². The number of phenolic OH excluding ortho intramolecular Hbond substituents is 1. The summed E-state index contributed by atoms with van der Waals surface area (Å²) >= 11 is 0. The largest absolute Gasteiger partial charge is 2.00 e. The Bertz CT molecular complexity index is 1710. The molecule has 0 aliphatic rings. The summed E-state index contributed by atoms with van der Waals surface area (Å²) in [5.41, 5.74) is 1.21. The third-order valence-corrected chi connectivity index (χ3v) is 9.60. The van der Waals surface area contributed by atoms with Crippen LogP contribution in [-0.4, -0.2) is 68.8 Å². The Morgan fingerprint density at radius 3 is 1.43 bits per heavy atom. The van der Waals surface area contributed by atoms with E-state index in [0.29, 0.717) is 47.0 Å². The summed E-state index contributed by atoms with van der Waals surface area (Å²) < 4.78 is 77.6. The molecule has 0 aliphatic carbocycles. The zero-order chi connectivity index (χ0) is 36.6. The topological polar surface area (TPSA) is 173 Å². The Morgan fingerprint density at radius 2 is 1.02 bits per heavy atom. The normalized spacial score (nSPS) is 11.2. The van der Waals surface area contributed by atoms with Gasteiger partial charge in [0.15, 0.2) is 0 Å². The fraction of sp³-hybridized carbons (Fsp3) is 0.368. The quantitative estimate of drug-likeness (QED) is 0.0568. The predicted molar refractivity (Wildman–Crippen MR) is 195 cm³/mol. The molecule has 4 aromatic carbocycles. The summed E-state index contributed by atoms with van der Waals surface area (Å²) in [5.74, 6) is 0.477. The van der Waals surface area contributed by atoms with Gasteiger partial charge in [0.25, 0.3) is 10.1 Å². The van der Waals surface area contributed by atoms with E-state index in [0.717, 1.165) is 63.9 Å². The Hall–Kier alpha value is -2.84. The van der Waals surface area contributed by atoms with Gasteiger partial charge in [0.05, 0.1) is 0 Å². The molecule has 0 spiro atoms. The Morgan fingerprint density at radius 1 is 0.608 bits per heavy atom. The van der Waals surface area contributed by atoms with Crippen LogP contribution in [0, 0.1) is 0 Å². The van der Waals surface area contributed by atoms with Crippen molar-refractivity contribution < 1.29 is 45.6 Å². The number of ether oxygens (including phenoxy) is 2. The van der Waals surface area contributed by atoms with Gasteiger partial charge in [-0.1, -0.05) is 107 Å². The second kappa shape index (κ2) is 22.3. The van der Waals surface area contributed by atoms with E-state index >= 15 is 0 Å². The second-order valence-corrected chi connectivity index (χ2v) is 14.7. The van der Waals surface area contributed by atoms with Crippen LogP contribution in [0.1, 0.15) is 89.2 Å². The summed E-state index contributed by atoms with van der Waals surface area (Å²) in [5, 5.41) is 21.9. The minimum absolute atomic E-state index is 0. The summed E-state index contributed by atoms with van der Waals surface area (Å²) in [6, 6.07) is 22.8. The van der Waals surface area contributed by atoms with Gasteiger partial charge in [0.2, 0.25) is 0 Å². The molecule has 0 radical (unpaired) electrons. The van der Waals surface area contributed by atoms with Crippen LogP contribution < -0.4 is 14.6 Å². The van der Waals surface area contributed by atoms with Crippen LogP contribution in [0.3, 0.4) is 0 Å². The molecule has 51 heavy (non-hydrogen) atoms. The van der Waals surface area contributed by atoms with E-state index in [1.807, 2.05) is 24.3 Å². The molecule has 2 N–H and O–H groups in total.